The Hall–Kier alpha value is -2.69. The highest BCUT2D eigenvalue weighted by Gasteiger charge is 2.20. The minimum Gasteiger partial charge on any atom is -0.469 e. The van der Waals surface area contributed by atoms with E-state index in [0.717, 1.165) is 6.07 Å². The molecule has 0 unspecified atom stereocenters. The largest absolute Gasteiger partial charge is 0.469 e. The van der Waals surface area contributed by atoms with Crippen molar-refractivity contribution in [2.45, 2.75) is 6.42 Å². The van der Waals surface area contributed by atoms with Crippen molar-refractivity contribution in [2.24, 2.45) is 0 Å². The number of esters is 1. The number of carbonyl (C=O) groups is 1. The van der Waals surface area contributed by atoms with Crippen LogP contribution in [0.25, 0.3) is 0 Å². The predicted molar refractivity (Wildman–Crippen MR) is 65.5 cm³/mol. The molecule has 0 aliphatic rings. The SMILES string of the molecule is COC(=O)CCN(C)c1ncc(C#N)cc1[N+](=O)[O-]. The van der Waals surface area contributed by atoms with Gasteiger partial charge >= 0.3 is 11.7 Å². The zero-order valence-electron chi connectivity index (χ0n) is 10.5. The lowest BCUT2D eigenvalue weighted by Crippen LogP contribution is -2.23. The van der Waals surface area contributed by atoms with Crippen molar-refractivity contribution in [3.63, 3.8) is 0 Å². The third kappa shape index (κ3) is 3.64. The lowest BCUT2D eigenvalue weighted by atomic mass is 10.2. The molecule has 8 heteroatoms. The number of hydrogen-bond acceptors (Lipinski definition) is 7. The Balaban J connectivity index is 2.96. The Morgan fingerprint density at radius 2 is 2.37 bits per heavy atom. The van der Waals surface area contributed by atoms with Crippen LogP contribution in [0.3, 0.4) is 0 Å². The van der Waals surface area contributed by atoms with Gasteiger partial charge in [0.15, 0.2) is 0 Å². The Morgan fingerprint density at radius 1 is 1.68 bits per heavy atom. The summed E-state index contributed by atoms with van der Waals surface area (Å²) < 4.78 is 4.49. The Morgan fingerprint density at radius 3 is 2.89 bits per heavy atom. The van der Waals surface area contributed by atoms with Crippen LogP contribution in [0.1, 0.15) is 12.0 Å². The van der Waals surface area contributed by atoms with Crippen LogP contribution in [0.5, 0.6) is 0 Å². The van der Waals surface area contributed by atoms with E-state index in [1.54, 1.807) is 13.1 Å². The van der Waals surface area contributed by atoms with Crippen LogP contribution in [-0.4, -0.2) is 36.6 Å². The Kier molecular flexibility index (Phi) is 4.76. The number of rotatable bonds is 5. The molecule has 0 aliphatic heterocycles. The molecule has 0 fully saturated rings. The van der Waals surface area contributed by atoms with Gasteiger partial charge in [0.05, 0.1) is 24.0 Å². The fraction of sp³-hybridized carbons (Fsp3) is 0.364. The average Bonchev–Trinajstić information content (AvgIpc) is 2.43. The molecule has 0 saturated heterocycles. The monoisotopic (exact) mass is 264 g/mol. The second kappa shape index (κ2) is 6.30. The number of hydrogen-bond donors (Lipinski definition) is 0. The molecule has 0 aliphatic carbocycles. The van der Waals surface area contributed by atoms with E-state index in [-0.39, 0.29) is 30.0 Å². The lowest BCUT2D eigenvalue weighted by Gasteiger charge is -2.17. The number of nitrogens with zero attached hydrogens (tertiary/aromatic N) is 4. The van der Waals surface area contributed by atoms with Gasteiger partial charge < -0.3 is 9.64 Å². The molecule has 19 heavy (non-hydrogen) atoms. The molecule has 8 nitrogen and oxygen atoms in total. The summed E-state index contributed by atoms with van der Waals surface area (Å²) in [4.78, 5) is 26.7. The first-order valence-electron chi connectivity index (χ1n) is 5.32. The van der Waals surface area contributed by atoms with Crippen LogP contribution in [0, 0.1) is 21.4 Å². The predicted octanol–water partition coefficient (Wildman–Crippen LogP) is 0.861. The number of ether oxygens (including phenoxy) is 1. The minimum atomic E-state index is -0.613. The van der Waals surface area contributed by atoms with Crippen LogP contribution in [0.2, 0.25) is 0 Å². The molecule has 0 N–H and O–H groups in total. The summed E-state index contributed by atoms with van der Waals surface area (Å²) in [5.74, 6) is -0.309. The maximum absolute atomic E-state index is 11.0. The van der Waals surface area contributed by atoms with Crippen LogP contribution in [0.15, 0.2) is 12.3 Å². The molecule has 100 valence electrons. The molecule has 1 rings (SSSR count). The van der Waals surface area contributed by atoms with Gasteiger partial charge in [0.2, 0.25) is 5.82 Å². The minimum absolute atomic E-state index is 0.0891. The van der Waals surface area contributed by atoms with Crippen molar-refractivity contribution in [1.29, 1.82) is 5.26 Å². The molecule has 1 aromatic heterocycles. The highest BCUT2D eigenvalue weighted by molar-refractivity contribution is 5.70. The van der Waals surface area contributed by atoms with E-state index >= 15 is 0 Å². The summed E-state index contributed by atoms with van der Waals surface area (Å²) in [7, 11) is 2.84. The quantitative estimate of drug-likeness (QED) is 0.440. The van der Waals surface area contributed by atoms with Gasteiger partial charge in [0.25, 0.3) is 0 Å². The normalized spacial score (nSPS) is 9.53. The highest BCUT2D eigenvalue weighted by atomic mass is 16.6. The standard InChI is InChI=1S/C11H12N4O4/c1-14(4-3-10(16)19-2)11-9(15(17)18)5-8(6-12)7-13-11/h5,7H,3-4H2,1-2H3. The van der Waals surface area contributed by atoms with Crippen LogP contribution in [0.4, 0.5) is 11.5 Å². The summed E-state index contributed by atoms with van der Waals surface area (Å²) in [6, 6.07) is 2.94. The molecular formula is C11H12N4O4. The third-order valence-corrected chi connectivity index (χ3v) is 2.41. The summed E-state index contributed by atoms with van der Waals surface area (Å²) in [6.45, 7) is 0.229. The van der Waals surface area contributed by atoms with Gasteiger partial charge in [-0.1, -0.05) is 0 Å². The van der Waals surface area contributed by atoms with Crippen molar-refractivity contribution in [3.8, 4) is 6.07 Å². The molecule has 0 saturated carbocycles. The topological polar surface area (TPSA) is 109 Å². The van der Waals surface area contributed by atoms with E-state index in [1.807, 2.05) is 0 Å². The maximum Gasteiger partial charge on any atom is 0.312 e. The molecule has 0 bridgehead atoms. The van der Waals surface area contributed by atoms with Crippen molar-refractivity contribution in [2.75, 3.05) is 25.6 Å². The number of nitriles is 1. The van der Waals surface area contributed by atoms with Crippen molar-refractivity contribution < 1.29 is 14.5 Å². The first-order valence-corrected chi connectivity index (χ1v) is 5.32. The van der Waals surface area contributed by atoms with Crippen LogP contribution >= 0.6 is 0 Å². The van der Waals surface area contributed by atoms with Crippen LogP contribution in [-0.2, 0) is 9.53 Å². The fourth-order valence-corrected chi connectivity index (χ4v) is 1.40. The van der Waals surface area contributed by atoms with E-state index in [1.165, 1.54) is 18.2 Å². The number of aromatic nitrogens is 1. The smallest absolute Gasteiger partial charge is 0.312 e. The zero-order chi connectivity index (χ0) is 14.4. The summed E-state index contributed by atoms with van der Waals surface area (Å²) in [5, 5.41) is 19.6. The lowest BCUT2D eigenvalue weighted by molar-refractivity contribution is -0.384. The Labute approximate surface area is 109 Å². The molecule has 0 aromatic carbocycles. The molecule has 0 radical (unpaired) electrons. The maximum atomic E-state index is 11.0. The molecule has 1 heterocycles. The second-order valence-corrected chi connectivity index (χ2v) is 3.68. The van der Waals surface area contributed by atoms with Crippen molar-refractivity contribution in [3.05, 3.63) is 27.9 Å². The first kappa shape index (κ1) is 14.4. The van der Waals surface area contributed by atoms with E-state index in [9.17, 15) is 14.9 Å². The van der Waals surface area contributed by atoms with Gasteiger partial charge in [-0.3, -0.25) is 14.9 Å². The van der Waals surface area contributed by atoms with Gasteiger partial charge in [-0.25, -0.2) is 4.98 Å². The van der Waals surface area contributed by atoms with Crippen molar-refractivity contribution >= 4 is 17.5 Å². The van der Waals surface area contributed by atoms with Gasteiger partial charge in [0, 0.05) is 25.9 Å². The molecular weight excluding hydrogens is 252 g/mol. The van der Waals surface area contributed by atoms with Crippen LogP contribution < -0.4 is 4.90 Å². The first-order chi connectivity index (χ1) is 8.99. The molecule has 0 atom stereocenters. The van der Waals surface area contributed by atoms with E-state index in [2.05, 4.69) is 9.72 Å². The van der Waals surface area contributed by atoms with Gasteiger partial charge in [-0.05, 0) is 0 Å². The van der Waals surface area contributed by atoms with Gasteiger partial charge in [0.1, 0.15) is 6.07 Å². The number of pyridine rings is 1. The van der Waals surface area contributed by atoms with E-state index < -0.39 is 10.9 Å². The summed E-state index contributed by atoms with van der Waals surface area (Å²) >= 11 is 0. The zero-order valence-corrected chi connectivity index (χ0v) is 10.5. The number of nitro groups is 1. The fourth-order valence-electron chi connectivity index (χ4n) is 1.40. The molecule has 1 aromatic rings. The third-order valence-electron chi connectivity index (χ3n) is 2.41. The number of methoxy groups -OCH3 is 1. The number of carbonyl (C=O) groups excluding carboxylic acids is 1. The summed E-state index contributed by atoms with van der Waals surface area (Å²) in [5.41, 5.74) is -0.164. The van der Waals surface area contributed by atoms with Gasteiger partial charge in [-0.15, -0.1) is 0 Å². The van der Waals surface area contributed by atoms with E-state index in [4.69, 9.17) is 5.26 Å². The number of anilines is 1. The molecule has 0 amide bonds. The summed E-state index contributed by atoms with van der Waals surface area (Å²) in [6.07, 6.45) is 1.34. The average molecular weight is 264 g/mol. The Bertz CT molecular complexity index is 538. The highest BCUT2D eigenvalue weighted by Crippen LogP contribution is 2.25. The molecule has 0 spiro atoms. The van der Waals surface area contributed by atoms with Crippen molar-refractivity contribution in [1.82, 2.24) is 4.98 Å². The van der Waals surface area contributed by atoms with Gasteiger partial charge in [-0.2, -0.15) is 5.26 Å². The van der Waals surface area contributed by atoms with E-state index in [0.29, 0.717) is 0 Å². The second-order valence-electron chi connectivity index (χ2n) is 3.68.